The molecule has 0 atom stereocenters. The molecule has 0 amide bonds. The SMILES string of the molecule is CNc1nc(-c2ccc(Br)cn2)no1. The van der Waals surface area contributed by atoms with Crippen LogP contribution in [0.1, 0.15) is 0 Å². The van der Waals surface area contributed by atoms with Crippen molar-refractivity contribution in [3.63, 3.8) is 0 Å². The van der Waals surface area contributed by atoms with Crippen LogP contribution in [-0.4, -0.2) is 22.2 Å². The highest BCUT2D eigenvalue weighted by Crippen LogP contribution is 2.16. The molecular weight excluding hydrogens is 248 g/mol. The van der Waals surface area contributed by atoms with Crippen molar-refractivity contribution in [2.24, 2.45) is 0 Å². The molecule has 0 aliphatic rings. The van der Waals surface area contributed by atoms with Crippen molar-refractivity contribution in [2.45, 2.75) is 0 Å². The lowest BCUT2D eigenvalue weighted by Crippen LogP contribution is -1.88. The molecule has 5 nitrogen and oxygen atoms in total. The highest BCUT2D eigenvalue weighted by Gasteiger charge is 2.07. The summed E-state index contributed by atoms with van der Waals surface area (Å²) in [7, 11) is 1.71. The van der Waals surface area contributed by atoms with Crippen LogP contribution < -0.4 is 5.32 Å². The van der Waals surface area contributed by atoms with Crippen molar-refractivity contribution < 1.29 is 4.52 Å². The number of nitrogens with one attached hydrogen (secondary N) is 1. The summed E-state index contributed by atoms with van der Waals surface area (Å²) in [6, 6.07) is 4.07. The smallest absolute Gasteiger partial charge is 0.321 e. The molecule has 0 spiro atoms. The van der Waals surface area contributed by atoms with Gasteiger partial charge in [-0.1, -0.05) is 5.16 Å². The number of rotatable bonds is 2. The monoisotopic (exact) mass is 254 g/mol. The molecule has 2 aromatic rings. The Bertz CT molecular complexity index is 425. The second-order valence-electron chi connectivity index (χ2n) is 2.53. The van der Waals surface area contributed by atoms with E-state index in [9.17, 15) is 0 Å². The van der Waals surface area contributed by atoms with Gasteiger partial charge in [-0.15, -0.1) is 0 Å². The Morgan fingerprint density at radius 2 is 2.29 bits per heavy atom. The minimum Gasteiger partial charge on any atom is -0.341 e. The van der Waals surface area contributed by atoms with Gasteiger partial charge in [-0.05, 0) is 28.1 Å². The van der Waals surface area contributed by atoms with Gasteiger partial charge >= 0.3 is 6.01 Å². The number of hydrogen-bond donors (Lipinski definition) is 1. The Labute approximate surface area is 88.7 Å². The minimum atomic E-state index is 0.379. The van der Waals surface area contributed by atoms with Gasteiger partial charge in [0.05, 0.1) is 0 Å². The van der Waals surface area contributed by atoms with Crippen LogP contribution in [0.3, 0.4) is 0 Å². The molecule has 72 valence electrons. The van der Waals surface area contributed by atoms with E-state index < -0.39 is 0 Å². The first-order valence-electron chi connectivity index (χ1n) is 3.93. The van der Waals surface area contributed by atoms with Crippen LogP contribution in [-0.2, 0) is 0 Å². The van der Waals surface area contributed by atoms with Crippen molar-refractivity contribution in [2.75, 3.05) is 12.4 Å². The molecule has 0 radical (unpaired) electrons. The average molecular weight is 255 g/mol. The lowest BCUT2D eigenvalue weighted by molar-refractivity contribution is 0.434. The molecular formula is C8H7BrN4O. The van der Waals surface area contributed by atoms with E-state index in [4.69, 9.17) is 4.52 Å². The molecule has 0 saturated heterocycles. The Hall–Kier alpha value is -1.43. The number of anilines is 1. The summed E-state index contributed by atoms with van der Waals surface area (Å²) < 4.78 is 5.79. The van der Waals surface area contributed by atoms with Crippen molar-refractivity contribution in [1.29, 1.82) is 0 Å². The summed E-state index contributed by atoms with van der Waals surface area (Å²) in [5.74, 6) is 0.474. The third kappa shape index (κ3) is 1.74. The summed E-state index contributed by atoms with van der Waals surface area (Å²) in [6.45, 7) is 0. The molecule has 0 aliphatic carbocycles. The molecule has 2 aromatic heterocycles. The second-order valence-corrected chi connectivity index (χ2v) is 3.45. The first-order chi connectivity index (χ1) is 6.79. The average Bonchev–Trinajstić information content (AvgIpc) is 2.67. The zero-order valence-corrected chi connectivity index (χ0v) is 8.95. The van der Waals surface area contributed by atoms with Crippen LogP contribution in [0.4, 0.5) is 6.01 Å². The van der Waals surface area contributed by atoms with E-state index >= 15 is 0 Å². The maximum absolute atomic E-state index is 4.87. The van der Waals surface area contributed by atoms with Crippen molar-refractivity contribution in [3.8, 4) is 11.5 Å². The first-order valence-corrected chi connectivity index (χ1v) is 4.72. The first kappa shape index (κ1) is 9.14. The van der Waals surface area contributed by atoms with Crippen LogP contribution >= 0.6 is 15.9 Å². The fraction of sp³-hybridized carbons (Fsp3) is 0.125. The Morgan fingerprint density at radius 3 is 2.86 bits per heavy atom. The summed E-state index contributed by atoms with van der Waals surface area (Å²) in [5.41, 5.74) is 0.679. The third-order valence-electron chi connectivity index (χ3n) is 1.60. The lowest BCUT2D eigenvalue weighted by Gasteiger charge is -1.92. The lowest BCUT2D eigenvalue weighted by atomic mass is 10.3. The number of pyridine rings is 1. The van der Waals surface area contributed by atoms with Crippen LogP contribution in [0, 0.1) is 0 Å². The van der Waals surface area contributed by atoms with Crippen LogP contribution in [0.25, 0.3) is 11.5 Å². The van der Waals surface area contributed by atoms with E-state index in [1.807, 2.05) is 12.1 Å². The number of nitrogens with zero attached hydrogens (tertiary/aromatic N) is 3. The molecule has 0 saturated carbocycles. The maximum atomic E-state index is 4.87. The molecule has 14 heavy (non-hydrogen) atoms. The summed E-state index contributed by atoms with van der Waals surface area (Å²) in [4.78, 5) is 8.20. The molecule has 2 heterocycles. The van der Waals surface area contributed by atoms with Gasteiger partial charge in [0.1, 0.15) is 5.69 Å². The van der Waals surface area contributed by atoms with Gasteiger partial charge in [-0.25, -0.2) is 0 Å². The van der Waals surface area contributed by atoms with Gasteiger partial charge in [0.15, 0.2) is 0 Å². The molecule has 6 heteroatoms. The van der Waals surface area contributed by atoms with Gasteiger partial charge in [-0.3, -0.25) is 4.98 Å². The number of hydrogen-bond acceptors (Lipinski definition) is 5. The predicted molar refractivity (Wildman–Crippen MR) is 54.8 cm³/mol. The molecule has 0 aromatic carbocycles. The van der Waals surface area contributed by atoms with E-state index in [0.717, 1.165) is 4.47 Å². The maximum Gasteiger partial charge on any atom is 0.321 e. The van der Waals surface area contributed by atoms with Crippen LogP contribution in [0.2, 0.25) is 0 Å². The standard InChI is InChI=1S/C8H7BrN4O/c1-10-8-12-7(13-14-8)6-3-2-5(9)4-11-6/h2-4H,1H3,(H,10,12,13). The number of aromatic nitrogens is 3. The molecule has 0 unspecified atom stereocenters. The topological polar surface area (TPSA) is 63.8 Å². The Balaban J connectivity index is 2.34. The van der Waals surface area contributed by atoms with Crippen molar-refractivity contribution in [3.05, 3.63) is 22.8 Å². The van der Waals surface area contributed by atoms with Gasteiger partial charge in [0.2, 0.25) is 5.82 Å². The highest BCUT2D eigenvalue weighted by atomic mass is 79.9. The fourth-order valence-corrected chi connectivity index (χ4v) is 1.17. The van der Waals surface area contributed by atoms with Crippen molar-refractivity contribution in [1.82, 2.24) is 15.1 Å². The third-order valence-corrected chi connectivity index (χ3v) is 2.07. The Kier molecular flexibility index (Phi) is 2.45. The van der Waals surface area contributed by atoms with Crippen LogP contribution in [0.15, 0.2) is 27.3 Å². The predicted octanol–water partition coefficient (Wildman–Crippen LogP) is 1.94. The van der Waals surface area contributed by atoms with Crippen molar-refractivity contribution >= 4 is 21.9 Å². The van der Waals surface area contributed by atoms with E-state index in [1.165, 1.54) is 0 Å². The van der Waals surface area contributed by atoms with Gasteiger partial charge in [0.25, 0.3) is 0 Å². The van der Waals surface area contributed by atoms with E-state index in [0.29, 0.717) is 17.5 Å². The van der Waals surface area contributed by atoms with E-state index in [2.05, 4.69) is 36.4 Å². The van der Waals surface area contributed by atoms with E-state index in [1.54, 1.807) is 13.2 Å². The summed E-state index contributed by atoms with van der Waals surface area (Å²) in [5, 5.41) is 6.51. The second kappa shape index (κ2) is 3.75. The number of halogens is 1. The molecule has 2 rings (SSSR count). The normalized spacial score (nSPS) is 10.1. The summed E-state index contributed by atoms with van der Waals surface area (Å²) >= 11 is 3.30. The van der Waals surface area contributed by atoms with Gasteiger partial charge < -0.3 is 9.84 Å². The Morgan fingerprint density at radius 1 is 1.43 bits per heavy atom. The molecule has 0 aliphatic heterocycles. The summed E-state index contributed by atoms with van der Waals surface area (Å²) in [6.07, 6.45) is 1.69. The fourth-order valence-electron chi connectivity index (χ4n) is 0.937. The largest absolute Gasteiger partial charge is 0.341 e. The van der Waals surface area contributed by atoms with E-state index in [-0.39, 0.29) is 0 Å². The minimum absolute atomic E-state index is 0.379. The van der Waals surface area contributed by atoms with Gasteiger partial charge in [-0.2, -0.15) is 4.98 Å². The molecule has 0 bridgehead atoms. The quantitative estimate of drug-likeness (QED) is 0.888. The van der Waals surface area contributed by atoms with Gasteiger partial charge in [0, 0.05) is 17.7 Å². The molecule has 0 fully saturated rings. The zero-order chi connectivity index (χ0) is 9.97. The molecule has 1 N–H and O–H groups in total. The van der Waals surface area contributed by atoms with Crippen LogP contribution in [0.5, 0.6) is 0 Å². The highest BCUT2D eigenvalue weighted by molar-refractivity contribution is 9.10. The zero-order valence-electron chi connectivity index (χ0n) is 7.36.